The van der Waals surface area contributed by atoms with E-state index in [1.807, 2.05) is 29.2 Å². The van der Waals surface area contributed by atoms with Crippen LogP contribution in [0.1, 0.15) is 29.3 Å². The van der Waals surface area contributed by atoms with Crippen LogP contribution in [0.4, 0.5) is 0 Å². The maximum atomic E-state index is 12.8. The molecule has 1 unspecified atom stereocenters. The van der Waals surface area contributed by atoms with Gasteiger partial charge in [-0.05, 0) is 24.0 Å². The molecule has 1 aliphatic rings. The largest absolute Gasteiger partial charge is 0.472 e. The van der Waals surface area contributed by atoms with Crippen LogP contribution >= 0.6 is 11.8 Å². The Labute approximate surface area is 151 Å². The molecule has 0 saturated carbocycles. The van der Waals surface area contributed by atoms with Crippen molar-refractivity contribution in [1.29, 1.82) is 5.26 Å². The van der Waals surface area contributed by atoms with E-state index in [0.29, 0.717) is 24.5 Å². The van der Waals surface area contributed by atoms with Gasteiger partial charge in [0.1, 0.15) is 6.10 Å². The van der Waals surface area contributed by atoms with Gasteiger partial charge < -0.3 is 9.64 Å². The Kier molecular flexibility index (Phi) is 5.56. The Morgan fingerprint density at radius 1 is 1.44 bits per heavy atom. The van der Waals surface area contributed by atoms with E-state index in [-0.39, 0.29) is 12.0 Å². The molecule has 3 rings (SSSR count). The summed E-state index contributed by atoms with van der Waals surface area (Å²) in [5.74, 6) is 1.40. The molecule has 6 heteroatoms. The van der Waals surface area contributed by atoms with Gasteiger partial charge in [0.05, 0.1) is 23.7 Å². The van der Waals surface area contributed by atoms with Gasteiger partial charge in [0, 0.05) is 30.1 Å². The van der Waals surface area contributed by atoms with Gasteiger partial charge in [-0.2, -0.15) is 5.26 Å². The molecule has 1 aliphatic heterocycles. The second-order valence-corrected chi connectivity index (χ2v) is 7.01. The van der Waals surface area contributed by atoms with E-state index in [4.69, 9.17) is 10.00 Å². The number of nitrogens with zero attached hydrogens (tertiary/aromatic N) is 3. The fourth-order valence-electron chi connectivity index (χ4n) is 2.82. The van der Waals surface area contributed by atoms with Gasteiger partial charge in [-0.1, -0.05) is 19.1 Å². The maximum Gasteiger partial charge on any atom is 0.255 e. The van der Waals surface area contributed by atoms with Gasteiger partial charge in [-0.25, -0.2) is 4.98 Å². The number of benzene rings is 1. The van der Waals surface area contributed by atoms with Crippen LogP contribution in [-0.4, -0.2) is 40.7 Å². The van der Waals surface area contributed by atoms with Crippen molar-refractivity contribution in [3.05, 3.63) is 53.7 Å². The number of nitriles is 1. The number of hydrogen-bond acceptors (Lipinski definition) is 5. The predicted octanol–water partition coefficient (Wildman–Crippen LogP) is 3.36. The van der Waals surface area contributed by atoms with Crippen LogP contribution in [0.5, 0.6) is 5.88 Å². The van der Waals surface area contributed by atoms with Crippen molar-refractivity contribution < 1.29 is 9.53 Å². The summed E-state index contributed by atoms with van der Waals surface area (Å²) in [4.78, 5) is 19.8. The number of carbonyl (C=O) groups is 1. The van der Waals surface area contributed by atoms with Crippen molar-refractivity contribution in [2.45, 2.75) is 24.3 Å². The van der Waals surface area contributed by atoms with Crippen molar-refractivity contribution >= 4 is 17.7 Å². The molecule has 25 heavy (non-hydrogen) atoms. The fraction of sp³-hybridized carbons (Fsp3) is 0.316. The standard InChI is InChI=1S/C19H19N3O2S/c1-2-25-17-6-4-3-5-16(17)19(23)22-10-8-15(13-22)24-18-11-14(12-20)7-9-21-18/h3-7,9,11,15H,2,8,10,13H2,1H3. The first-order valence-corrected chi connectivity index (χ1v) is 9.23. The molecular formula is C19H19N3O2S. The zero-order valence-electron chi connectivity index (χ0n) is 14.0. The molecule has 0 bridgehead atoms. The molecule has 1 saturated heterocycles. The number of likely N-dealkylation sites (tertiary alicyclic amines) is 1. The van der Waals surface area contributed by atoms with Gasteiger partial charge in [0.25, 0.3) is 5.91 Å². The van der Waals surface area contributed by atoms with Gasteiger partial charge in [-0.15, -0.1) is 11.8 Å². The SMILES string of the molecule is CCSc1ccccc1C(=O)N1CCC(Oc2cc(C#N)ccn2)C1. The summed E-state index contributed by atoms with van der Waals surface area (Å²) < 4.78 is 5.85. The molecule has 0 spiro atoms. The van der Waals surface area contributed by atoms with Gasteiger partial charge >= 0.3 is 0 Å². The zero-order chi connectivity index (χ0) is 17.6. The minimum atomic E-state index is -0.101. The molecule has 1 fully saturated rings. The van der Waals surface area contributed by atoms with Crippen LogP contribution < -0.4 is 4.74 Å². The highest BCUT2D eigenvalue weighted by atomic mass is 32.2. The first kappa shape index (κ1) is 17.3. The molecule has 1 aromatic carbocycles. The Bertz CT molecular complexity index is 803. The number of aromatic nitrogens is 1. The number of hydrogen-bond donors (Lipinski definition) is 0. The Balaban J connectivity index is 1.66. The molecule has 2 aromatic rings. The van der Waals surface area contributed by atoms with Crippen LogP contribution in [0.2, 0.25) is 0 Å². The number of rotatable bonds is 5. The number of ether oxygens (including phenoxy) is 1. The fourth-order valence-corrected chi connectivity index (χ4v) is 3.61. The number of thioether (sulfide) groups is 1. The zero-order valence-corrected chi connectivity index (χ0v) is 14.8. The van der Waals surface area contributed by atoms with Crippen molar-refractivity contribution in [1.82, 2.24) is 9.88 Å². The highest BCUT2D eigenvalue weighted by Gasteiger charge is 2.29. The molecule has 1 atom stereocenters. The average Bonchev–Trinajstić information content (AvgIpc) is 3.10. The van der Waals surface area contributed by atoms with Crippen molar-refractivity contribution in [3.63, 3.8) is 0 Å². The van der Waals surface area contributed by atoms with E-state index in [1.54, 1.807) is 30.1 Å². The van der Waals surface area contributed by atoms with E-state index in [0.717, 1.165) is 22.6 Å². The molecule has 0 aliphatic carbocycles. The third kappa shape index (κ3) is 4.12. The number of amides is 1. The summed E-state index contributed by atoms with van der Waals surface area (Å²) in [5.41, 5.74) is 1.26. The molecule has 5 nitrogen and oxygen atoms in total. The number of pyridine rings is 1. The molecule has 0 N–H and O–H groups in total. The van der Waals surface area contributed by atoms with E-state index < -0.39 is 0 Å². The quantitative estimate of drug-likeness (QED) is 0.771. The predicted molar refractivity (Wildman–Crippen MR) is 96.7 cm³/mol. The summed E-state index contributed by atoms with van der Waals surface area (Å²) >= 11 is 1.68. The van der Waals surface area contributed by atoms with Crippen LogP contribution in [0.25, 0.3) is 0 Å². The number of carbonyl (C=O) groups excluding carboxylic acids is 1. The minimum Gasteiger partial charge on any atom is -0.472 e. The summed E-state index contributed by atoms with van der Waals surface area (Å²) in [7, 11) is 0. The lowest BCUT2D eigenvalue weighted by Gasteiger charge is -2.18. The Hall–Kier alpha value is -2.52. The smallest absolute Gasteiger partial charge is 0.255 e. The van der Waals surface area contributed by atoms with E-state index >= 15 is 0 Å². The van der Waals surface area contributed by atoms with E-state index in [9.17, 15) is 4.79 Å². The highest BCUT2D eigenvalue weighted by Crippen LogP contribution is 2.25. The highest BCUT2D eigenvalue weighted by molar-refractivity contribution is 7.99. The molecule has 0 radical (unpaired) electrons. The van der Waals surface area contributed by atoms with Gasteiger partial charge in [0.15, 0.2) is 0 Å². The third-order valence-electron chi connectivity index (χ3n) is 4.00. The van der Waals surface area contributed by atoms with Crippen LogP contribution in [0, 0.1) is 11.3 Å². The lowest BCUT2D eigenvalue weighted by Crippen LogP contribution is -2.31. The summed E-state index contributed by atoms with van der Waals surface area (Å²) in [6, 6.07) is 13.1. The van der Waals surface area contributed by atoms with Crippen molar-refractivity contribution in [2.75, 3.05) is 18.8 Å². The monoisotopic (exact) mass is 353 g/mol. The second kappa shape index (κ2) is 8.04. The Morgan fingerprint density at radius 3 is 3.08 bits per heavy atom. The van der Waals surface area contributed by atoms with Crippen LogP contribution in [0.3, 0.4) is 0 Å². The second-order valence-electron chi connectivity index (χ2n) is 5.70. The van der Waals surface area contributed by atoms with Crippen LogP contribution in [0.15, 0.2) is 47.5 Å². The molecule has 1 amide bonds. The lowest BCUT2D eigenvalue weighted by atomic mass is 10.2. The van der Waals surface area contributed by atoms with Gasteiger partial charge in [-0.3, -0.25) is 4.79 Å². The summed E-state index contributed by atoms with van der Waals surface area (Å²) in [6.45, 7) is 3.27. The minimum absolute atomic E-state index is 0.0429. The lowest BCUT2D eigenvalue weighted by molar-refractivity contribution is 0.0768. The average molecular weight is 353 g/mol. The topological polar surface area (TPSA) is 66.2 Å². The molecule has 128 valence electrons. The third-order valence-corrected chi connectivity index (χ3v) is 4.96. The summed E-state index contributed by atoms with van der Waals surface area (Å²) in [6.07, 6.45) is 2.22. The van der Waals surface area contributed by atoms with Crippen LogP contribution in [-0.2, 0) is 0 Å². The van der Waals surface area contributed by atoms with E-state index in [1.165, 1.54) is 0 Å². The first-order chi connectivity index (χ1) is 12.2. The normalized spacial score (nSPS) is 16.5. The first-order valence-electron chi connectivity index (χ1n) is 8.25. The van der Waals surface area contributed by atoms with E-state index in [2.05, 4.69) is 18.0 Å². The van der Waals surface area contributed by atoms with Gasteiger partial charge in [0.2, 0.25) is 5.88 Å². The molecule has 2 heterocycles. The molecular weight excluding hydrogens is 334 g/mol. The molecule has 1 aromatic heterocycles. The Morgan fingerprint density at radius 2 is 2.28 bits per heavy atom. The maximum absolute atomic E-state index is 12.8. The van der Waals surface area contributed by atoms with Crippen molar-refractivity contribution in [3.8, 4) is 11.9 Å². The van der Waals surface area contributed by atoms with Crippen molar-refractivity contribution in [2.24, 2.45) is 0 Å². The summed E-state index contributed by atoms with van der Waals surface area (Å²) in [5, 5.41) is 8.95.